The molecule has 0 saturated carbocycles. The molecule has 1 rings (SSSR count). The fraction of sp³-hybridized carbons (Fsp3) is 0.500. The summed E-state index contributed by atoms with van der Waals surface area (Å²) in [7, 11) is 1.16. The Hall–Kier alpha value is -1.64. The Balaban J connectivity index is 3.24. The Morgan fingerprint density at radius 2 is 2.20 bits per heavy atom. The molecule has 1 atom stereocenters. The van der Waals surface area contributed by atoms with Gasteiger partial charge < -0.3 is 5.73 Å². The molecular formula is C6H7F3N4O2. The van der Waals surface area contributed by atoms with Crippen molar-refractivity contribution in [1.82, 2.24) is 9.78 Å². The van der Waals surface area contributed by atoms with Crippen LogP contribution < -0.4 is 5.73 Å². The lowest BCUT2D eigenvalue weighted by atomic mass is 10.2. The number of aryl methyl sites for hydroxylation is 1. The van der Waals surface area contributed by atoms with Crippen LogP contribution in [0.15, 0.2) is 6.20 Å². The second-order valence-electron chi connectivity index (χ2n) is 2.82. The zero-order valence-corrected chi connectivity index (χ0v) is 7.52. The highest BCUT2D eigenvalue weighted by Gasteiger charge is 2.43. The molecule has 6 nitrogen and oxygen atoms in total. The average molecular weight is 224 g/mol. The third-order valence-corrected chi connectivity index (χ3v) is 1.81. The molecule has 2 N–H and O–H groups in total. The SMILES string of the molecule is Cn1ncc([N+](=O)[O-])c1C(N)C(F)(F)F. The largest absolute Gasteiger partial charge is 0.409 e. The quantitative estimate of drug-likeness (QED) is 0.596. The Morgan fingerprint density at radius 3 is 2.60 bits per heavy atom. The van der Waals surface area contributed by atoms with Gasteiger partial charge >= 0.3 is 11.9 Å². The lowest BCUT2D eigenvalue weighted by Crippen LogP contribution is -2.30. The van der Waals surface area contributed by atoms with Crippen molar-refractivity contribution in [2.45, 2.75) is 12.2 Å². The third kappa shape index (κ3) is 2.06. The minimum Gasteiger partial charge on any atom is -0.315 e. The van der Waals surface area contributed by atoms with Gasteiger partial charge in [-0.15, -0.1) is 0 Å². The van der Waals surface area contributed by atoms with E-state index >= 15 is 0 Å². The Labute approximate surface area is 81.6 Å². The standard InChI is InChI=1S/C6H7F3N4O2/c1-12-4(5(10)6(7,8)9)3(2-11-12)13(14)15/h2,5H,10H2,1H3. The highest BCUT2D eigenvalue weighted by molar-refractivity contribution is 5.35. The van der Waals surface area contributed by atoms with E-state index < -0.39 is 28.5 Å². The molecule has 0 aliphatic carbocycles. The van der Waals surface area contributed by atoms with Gasteiger partial charge in [-0.3, -0.25) is 14.8 Å². The summed E-state index contributed by atoms with van der Waals surface area (Å²) >= 11 is 0. The molecule has 0 amide bonds. The van der Waals surface area contributed by atoms with E-state index in [9.17, 15) is 23.3 Å². The molecule has 0 fully saturated rings. The molecule has 15 heavy (non-hydrogen) atoms. The molecule has 0 aliphatic heterocycles. The minimum absolute atomic E-state index is 0.660. The molecule has 0 bridgehead atoms. The van der Waals surface area contributed by atoms with Crippen LogP contribution >= 0.6 is 0 Å². The van der Waals surface area contributed by atoms with Crippen molar-refractivity contribution in [1.29, 1.82) is 0 Å². The highest BCUT2D eigenvalue weighted by atomic mass is 19.4. The minimum atomic E-state index is -4.74. The molecule has 0 spiro atoms. The molecule has 9 heteroatoms. The first-order chi connectivity index (χ1) is 6.75. The van der Waals surface area contributed by atoms with Crippen LogP contribution in [0.25, 0.3) is 0 Å². The van der Waals surface area contributed by atoms with Crippen molar-refractivity contribution in [3.63, 3.8) is 0 Å². The summed E-state index contributed by atoms with van der Waals surface area (Å²) in [5, 5.41) is 13.8. The summed E-state index contributed by atoms with van der Waals surface area (Å²) in [5.74, 6) is 0. The van der Waals surface area contributed by atoms with Crippen LogP contribution in [0.5, 0.6) is 0 Å². The number of nitrogens with two attached hydrogens (primary N) is 1. The van der Waals surface area contributed by atoms with Crippen molar-refractivity contribution >= 4 is 5.69 Å². The van der Waals surface area contributed by atoms with Gasteiger partial charge in [0, 0.05) is 7.05 Å². The zero-order valence-electron chi connectivity index (χ0n) is 7.52. The molecule has 0 aliphatic rings. The summed E-state index contributed by atoms with van der Waals surface area (Å²) in [6.45, 7) is 0. The van der Waals surface area contributed by atoms with E-state index in [1.165, 1.54) is 0 Å². The topological polar surface area (TPSA) is 87.0 Å². The van der Waals surface area contributed by atoms with E-state index in [4.69, 9.17) is 5.73 Å². The van der Waals surface area contributed by atoms with Crippen LogP contribution in [0.3, 0.4) is 0 Å². The molecule has 1 heterocycles. The van der Waals surface area contributed by atoms with Crippen molar-refractivity contribution in [3.05, 3.63) is 22.0 Å². The fourth-order valence-corrected chi connectivity index (χ4v) is 1.09. The molecule has 0 radical (unpaired) electrons. The molecule has 0 aromatic carbocycles. The maximum Gasteiger partial charge on any atom is 0.409 e. The number of aromatic nitrogens is 2. The summed E-state index contributed by atoms with van der Waals surface area (Å²) in [5.41, 5.74) is 3.47. The number of nitro groups is 1. The van der Waals surface area contributed by atoms with E-state index in [2.05, 4.69) is 5.10 Å². The maximum atomic E-state index is 12.2. The number of halogens is 3. The molecule has 84 valence electrons. The van der Waals surface area contributed by atoms with Gasteiger partial charge in [0.2, 0.25) is 0 Å². The summed E-state index contributed by atoms with van der Waals surface area (Å²) in [6.07, 6.45) is -4.00. The normalized spacial score (nSPS) is 13.9. The van der Waals surface area contributed by atoms with Crippen LogP contribution in [0.2, 0.25) is 0 Å². The second-order valence-corrected chi connectivity index (χ2v) is 2.82. The molecule has 1 aromatic heterocycles. The number of alkyl halides is 3. The van der Waals surface area contributed by atoms with Crippen molar-refractivity contribution in [2.24, 2.45) is 12.8 Å². The third-order valence-electron chi connectivity index (χ3n) is 1.81. The maximum absolute atomic E-state index is 12.2. The van der Waals surface area contributed by atoms with Gasteiger partial charge in [0.1, 0.15) is 11.9 Å². The van der Waals surface area contributed by atoms with Crippen LogP contribution in [0.4, 0.5) is 18.9 Å². The Kier molecular flexibility index (Phi) is 2.67. The molecule has 1 unspecified atom stereocenters. The van der Waals surface area contributed by atoms with E-state index in [0.717, 1.165) is 17.9 Å². The lowest BCUT2D eigenvalue weighted by Gasteiger charge is -2.14. The van der Waals surface area contributed by atoms with Gasteiger partial charge in [0.05, 0.1) is 4.92 Å². The molecular weight excluding hydrogens is 217 g/mol. The van der Waals surface area contributed by atoms with Gasteiger partial charge in [-0.2, -0.15) is 18.3 Å². The van der Waals surface area contributed by atoms with Crippen LogP contribution in [-0.2, 0) is 7.05 Å². The van der Waals surface area contributed by atoms with Crippen LogP contribution in [-0.4, -0.2) is 20.9 Å². The zero-order chi connectivity index (χ0) is 11.8. The number of rotatable bonds is 2. The number of hydrogen-bond acceptors (Lipinski definition) is 4. The van der Waals surface area contributed by atoms with E-state index in [-0.39, 0.29) is 0 Å². The summed E-state index contributed by atoms with van der Waals surface area (Å²) in [4.78, 5) is 9.45. The van der Waals surface area contributed by atoms with Gasteiger partial charge in [-0.1, -0.05) is 0 Å². The van der Waals surface area contributed by atoms with Gasteiger partial charge in [0.15, 0.2) is 6.04 Å². The fourth-order valence-electron chi connectivity index (χ4n) is 1.09. The van der Waals surface area contributed by atoms with E-state index in [1.807, 2.05) is 0 Å². The van der Waals surface area contributed by atoms with Gasteiger partial charge in [-0.25, -0.2) is 0 Å². The van der Waals surface area contributed by atoms with Gasteiger partial charge in [0.25, 0.3) is 0 Å². The number of hydrogen-bond donors (Lipinski definition) is 1. The van der Waals surface area contributed by atoms with Crippen molar-refractivity contribution in [3.8, 4) is 0 Å². The predicted octanol–water partition coefficient (Wildman–Crippen LogP) is 0.890. The average Bonchev–Trinajstić information content (AvgIpc) is 2.44. The molecule has 0 saturated heterocycles. The first-order valence-electron chi connectivity index (χ1n) is 3.73. The van der Waals surface area contributed by atoms with E-state index in [1.54, 1.807) is 0 Å². The Morgan fingerprint density at radius 1 is 1.67 bits per heavy atom. The second kappa shape index (κ2) is 3.50. The van der Waals surface area contributed by atoms with Crippen molar-refractivity contribution < 1.29 is 18.1 Å². The number of nitrogens with zero attached hydrogens (tertiary/aromatic N) is 3. The summed E-state index contributed by atoms with van der Waals surface area (Å²) < 4.78 is 37.5. The van der Waals surface area contributed by atoms with E-state index in [0.29, 0.717) is 0 Å². The highest BCUT2D eigenvalue weighted by Crippen LogP contribution is 2.34. The smallest absolute Gasteiger partial charge is 0.315 e. The Bertz CT molecular complexity index is 386. The molecule has 1 aromatic rings. The predicted molar refractivity (Wildman–Crippen MR) is 42.8 cm³/mol. The van der Waals surface area contributed by atoms with Crippen LogP contribution in [0.1, 0.15) is 11.7 Å². The summed E-state index contributed by atoms with van der Waals surface area (Å²) in [6, 6.07) is -2.41. The first kappa shape index (κ1) is 11.4. The lowest BCUT2D eigenvalue weighted by molar-refractivity contribution is -0.386. The first-order valence-corrected chi connectivity index (χ1v) is 3.73. The van der Waals surface area contributed by atoms with Crippen molar-refractivity contribution in [2.75, 3.05) is 0 Å². The monoisotopic (exact) mass is 224 g/mol. The van der Waals surface area contributed by atoms with Crippen LogP contribution in [0, 0.1) is 10.1 Å². The van der Waals surface area contributed by atoms with Gasteiger partial charge in [-0.05, 0) is 0 Å².